The van der Waals surface area contributed by atoms with Crippen molar-refractivity contribution in [3.63, 3.8) is 0 Å². The van der Waals surface area contributed by atoms with Crippen LogP contribution in [0.15, 0.2) is 36.8 Å². The van der Waals surface area contributed by atoms with Gasteiger partial charge in [-0.15, -0.1) is 0 Å². The molecule has 5 nitrogen and oxygen atoms in total. The van der Waals surface area contributed by atoms with Crippen LogP contribution in [0.4, 0.5) is 8.78 Å². The zero-order valence-corrected chi connectivity index (χ0v) is 12.1. The molecule has 1 amide bonds. The van der Waals surface area contributed by atoms with Crippen LogP contribution in [0.25, 0.3) is 0 Å². The minimum atomic E-state index is -2.60. The summed E-state index contributed by atoms with van der Waals surface area (Å²) in [5, 5.41) is 2.79. The van der Waals surface area contributed by atoms with Crippen LogP contribution < -0.4 is 10.1 Å². The Kier molecular flexibility index (Phi) is 5.60. The minimum absolute atomic E-state index is 0.0637. The first-order chi connectivity index (χ1) is 10.6. The number of hydrogen-bond donors (Lipinski definition) is 1. The molecule has 22 heavy (non-hydrogen) atoms. The van der Waals surface area contributed by atoms with Crippen LogP contribution in [0.3, 0.4) is 0 Å². The molecule has 0 saturated carbocycles. The van der Waals surface area contributed by atoms with Crippen LogP contribution >= 0.6 is 11.6 Å². The number of hydrogen-bond acceptors (Lipinski definition) is 4. The highest BCUT2D eigenvalue weighted by molar-refractivity contribution is 6.31. The zero-order chi connectivity index (χ0) is 15.9. The number of amides is 1. The molecule has 0 unspecified atom stereocenters. The Morgan fingerprint density at radius 1 is 1.36 bits per heavy atom. The average Bonchev–Trinajstić information content (AvgIpc) is 2.52. The van der Waals surface area contributed by atoms with Crippen molar-refractivity contribution in [1.82, 2.24) is 15.3 Å². The van der Waals surface area contributed by atoms with Crippen LogP contribution in [0.5, 0.6) is 5.88 Å². The molecule has 2 aromatic heterocycles. The predicted octanol–water partition coefficient (Wildman–Crippen LogP) is 2.70. The third-order valence-electron chi connectivity index (χ3n) is 2.61. The number of nitrogens with one attached hydrogen (secondary N) is 1. The van der Waals surface area contributed by atoms with Gasteiger partial charge in [0.2, 0.25) is 5.88 Å². The molecule has 0 aromatic carbocycles. The summed E-state index contributed by atoms with van der Waals surface area (Å²) in [4.78, 5) is 19.5. The lowest BCUT2D eigenvalue weighted by molar-refractivity contribution is 0.0796. The van der Waals surface area contributed by atoms with Crippen molar-refractivity contribution < 1.29 is 18.3 Å². The summed E-state index contributed by atoms with van der Waals surface area (Å²) < 4.78 is 28.9. The van der Waals surface area contributed by atoms with Gasteiger partial charge in [0.05, 0.1) is 0 Å². The van der Waals surface area contributed by atoms with Gasteiger partial charge in [-0.25, -0.2) is 13.8 Å². The molecule has 2 heterocycles. The standard InChI is InChI=1S/C14H12ClF2N3O2/c15-11-5-9(7-20-14(11)22-8-12(16)17)6-19-13(21)10-1-3-18-4-2-10/h1-5,7,12H,6,8H2,(H,19,21). The van der Waals surface area contributed by atoms with Gasteiger partial charge >= 0.3 is 0 Å². The number of alkyl halides is 2. The Morgan fingerprint density at radius 2 is 2.09 bits per heavy atom. The monoisotopic (exact) mass is 327 g/mol. The lowest BCUT2D eigenvalue weighted by Crippen LogP contribution is -2.22. The summed E-state index contributed by atoms with van der Waals surface area (Å²) in [6, 6.07) is 4.67. The third kappa shape index (κ3) is 4.63. The van der Waals surface area contributed by atoms with Crippen molar-refractivity contribution in [2.24, 2.45) is 0 Å². The van der Waals surface area contributed by atoms with E-state index < -0.39 is 13.0 Å². The van der Waals surface area contributed by atoms with Crippen LogP contribution in [0.1, 0.15) is 15.9 Å². The maximum absolute atomic E-state index is 12.1. The highest BCUT2D eigenvalue weighted by atomic mass is 35.5. The van der Waals surface area contributed by atoms with Crippen molar-refractivity contribution in [3.8, 4) is 5.88 Å². The highest BCUT2D eigenvalue weighted by Gasteiger charge is 2.10. The first kappa shape index (κ1) is 16.1. The fourth-order valence-corrected chi connectivity index (χ4v) is 1.84. The number of nitrogens with zero attached hydrogens (tertiary/aromatic N) is 2. The molecule has 0 spiro atoms. The summed E-state index contributed by atoms with van der Waals surface area (Å²) in [5.41, 5.74) is 1.10. The molecule has 0 aliphatic heterocycles. The van der Waals surface area contributed by atoms with Gasteiger partial charge in [-0.1, -0.05) is 11.6 Å². The number of ether oxygens (including phenoxy) is 1. The normalized spacial score (nSPS) is 10.5. The number of carbonyl (C=O) groups excluding carboxylic acids is 1. The van der Waals surface area contributed by atoms with Gasteiger partial charge in [0.15, 0.2) is 6.61 Å². The van der Waals surface area contributed by atoms with Crippen molar-refractivity contribution in [2.45, 2.75) is 13.0 Å². The quantitative estimate of drug-likeness (QED) is 0.886. The maximum Gasteiger partial charge on any atom is 0.272 e. The van der Waals surface area contributed by atoms with Gasteiger partial charge < -0.3 is 10.1 Å². The first-order valence-electron chi connectivity index (χ1n) is 6.30. The number of rotatable bonds is 6. The first-order valence-corrected chi connectivity index (χ1v) is 6.67. The maximum atomic E-state index is 12.1. The average molecular weight is 328 g/mol. The number of aromatic nitrogens is 2. The number of carbonyl (C=O) groups is 1. The molecular formula is C14H12ClF2N3O2. The van der Waals surface area contributed by atoms with Crippen molar-refractivity contribution in [3.05, 3.63) is 52.9 Å². The lowest BCUT2D eigenvalue weighted by atomic mass is 10.2. The Balaban J connectivity index is 1.93. The summed E-state index contributed by atoms with van der Waals surface area (Å²) in [6.07, 6.45) is 1.84. The molecule has 2 rings (SSSR count). The fourth-order valence-electron chi connectivity index (χ4n) is 1.60. The molecule has 0 atom stereocenters. The Hall–Kier alpha value is -2.28. The van der Waals surface area contributed by atoms with Gasteiger partial charge in [-0.05, 0) is 23.8 Å². The van der Waals surface area contributed by atoms with E-state index in [0.717, 1.165) is 0 Å². The molecule has 0 radical (unpaired) electrons. The van der Waals surface area contributed by atoms with Crippen molar-refractivity contribution in [1.29, 1.82) is 0 Å². The SMILES string of the molecule is O=C(NCc1cnc(OCC(F)F)c(Cl)c1)c1ccncc1. The van der Waals surface area contributed by atoms with Crippen molar-refractivity contribution in [2.75, 3.05) is 6.61 Å². The molecule has 1 N–H and O–H groups in total. The van der Waals surface area contributed by atoms with E-state index >= 15 is 0 Å². The zero-order valence-electron chi connectivity index (χ0n) is 11.3. The van der Waals surface area contributed by atoms with E-state index in [2.05, 4.69) is 15.3 Å². The molecule has 8 heteroatoms. The second-order valence-electron chi connectivity index (χ2n) is 4.25. The molecule has 0 aliphatic rings. The van der Waals surface area contributed by atoms with Gasteiger partial charge in [0.1, 0.15) is 5.02 Å². The van der Waals surface area contributed by atoms with E-state index in [4.69, 9.17) is 16.3 Å². The summed E-state index contributed by atoms with van der Waals surface area (Å²) in [7, 11) is 0. The van der Waals surface area contributed by atoms with Crippen molar-refractivity contribution >= 4 is 17.5 Å². The molecular weight excluding hydrogens is 316 g/mol. The van der Waals surface area contributed by atoms with Crippen LogP contribution in [-0.2, 0) is 6.54 Å². The van der Waals surface area contributed by atoms with E-state index in [0.29, 0.717) is 11.1 Å². The largest absolute Gasteiger partial charge is 0.471 e. The van der Waals surface area contributed by atoms with Crippen LogP contribution in [0, 0.1) is 0 Å². The molecule has 0 bridgehead atoms. The van der Waals surface area contributed by atoms with E-state index in [1.807, 2.05) is 0 Å². The van der Waals surface area contributed by atoms with Gasteiger partial charge in [-0.3, -0.25) is 9.78 Å². The Labute approximate surface area is 130 Å². The number of halogens is 3. The second kappa shape index (κ2) is 7.65. The van der Waals surface area contributed by atoms with Gasteiger partial charge in [0.25, 0.3) is 12.3 Å². The fraction of sp³-hybridized carbons (Fsp3) is 0.214. The molecule has 0 saturated heterocycles. The summed E-state index contributed by atoms with van der Waals surface area (Å²) >= 11 is 5.89. The smallest absolute Gasteiger partial charge is 0.272 e. The van der Waals surface area contributed by atoms with E-state index in [9.17, 15) is 13.6 Å². The topological polar surface area (TPSA) is 64.1 Å². The second-order valence-corrected chi connectivity index (χ2v) is 4.66. The van der Waals surface area contributed by atoms with E-state index in [1.165, 1.54) is 24.7 Å². The third-order valence-corrected chi connectivity index (χ3v) is 2.88. The Bertz CT molecular complexity index is 641. The van der Waals surface area contributed by atoms with E-state index in [1.54, 1.807) is 12.1 Å². The van der Waals surface area contributed by atoms with Gasteiger partial charge in [-0.2, -0.15) is 0 Å². The lowest BCUT2D eigenvalue weighted by Gasteiger charge is -2.09. The summed E-state index contributed by atoms with van der Waals surface area (Å²) in [5.74, 6) is -0.331. The molecule has 2 aromatic rings. The summed E-state index contributed by atoms with van der Waals surface area (Å²) in [6.45, 7) is -0.576. The van der Waals surface area contributed by atoms with E-state index in [-0.39, 0.29) is 23.4 Å². The number of pyridine rings is 2. The highest BCUT2D eigenvalue weighted by Crippen LogP contribution is 2.22. The molecule has 116 valence electrons. The van der Waals surface area contributed by atoms with Crippen LogP contribution in [0.2, 0.25) is 5.02 Å². The van der Waals surface area contributed by atoms with Crippen LogP contribution in [-0.4, -0.2) is 28.9 Å². The predicted molar refractivity (Wildman–Crippen MR) is 76.2 cm³/mol. The Morgan fingerprint density at radius 3 is 2.73 bits per heavy atom. The molecule has 0 fully saturated rings. The molecule has 0 aliphatic carbocycles. The van der Waals surface area contributed by atoms with Gasteiger partial charge in [0, 0.05) is 30.7 Å². The minimum Gasteiger partial charge on any atom is -0.471 e.